The first-order valence-electron chi connectivity index (χ1n) is 5.42. The van der Waals surface area contributed by atoms with E-state index in [1.54, 1.807) is 0 Å². The minimum atomic E-state index is -0.686. The van der Waals surface area contributed by atoms with E-state index in [-0.39, 0.29) is 0 Å². The van der Waals surface area contributed by atoms with Crippen LogP contribution in [0.25, 0.3) is 0 Å². The predicted octanol–water partition coefficient (Wildman–Crippen LogP) is 1.95. The van der Waals surface area contributed by atoms with Crippen LogP contribution in [0.4, 0.5) is 0 Å². The van der Waals surface area contributed by atoms with Gasteiger partial charge in [0, 0.05) is 6.42 Å². The van der Waals surface area contributed by atoms with Crippen molar-refractivity contribution in [2.45, 2.75) is 39.2 Å². The van der Waals surface area contributed by atoms with Gasteiger partial charge in [0.05, 0.1) is 5.60 Å². The zero-order chi connectivity index (χ0) is 11.5. The highest BCUT2D eigenvalue weighted by Gasteiger charge is 2.19. The number of hydrogen-bond acceptors (Lipinski definition) is 2. The zero-order valence-electron chi connectivity index (χ0n) is 9.88. The molecule has 0 heterocycles. The van der Waals surface area contributed by atoms with Crippen molar-refractivity contribution < 1.29 is 5.11 Å². The lowest BCUT2D eigenvalue weighted by Crippen LogP contribution is -2.30. The van der Waals surface area contributed by atoms with Crippen molar-refractivity contribution in [3.05, 3.63) is 34.9 Å². The largest absolute Gasteiger partial charge is 0.390 e. The van der Waals surface area contributed by atoms with Crippen molar-refractivity contribution >= 4 is 0 Å². The smallest absolute Gasteiger partial charge is 0.0671 e. The van der Waals surface area contributed by atoms with E-state index in [0.29, 0.717) is 19.4 Å². The summed E-state index contributed by atoms with van der Waals surface area (Å²) in [4.78, 5) is 0. The third-order valence-electron chi connectivity index (χ3n) is 2.55. The van der Waals surface area contributed by atoms with E-state index in [2.05, 4.69) is 32.0 Å². The van der Waals surface area contributed by atoms with E-state index >= 15 is 0 Å². The molecule has 2 nitrogen and oxygen atoms in total. The molecular weight excluding hydrogens is 186 g/mol. The molecule has 0 aliphatic carbocycles. The summed E-state index contributed by atoms with van der Waals surface area (Å²) in [6.45, 7) is 6.53. The molecule has 0 aromatic heterocycles. The quantitative estimate of drug-likeness (QED) is 0.792. The predicted molar refractivity (Wildman–Crippen MR) is 63.9 cm³/mol. The van der Waals surface area contributed by atoms with Gasteiger partial charge in [0.15, 0.2) is 0 Å². The number of aliphatic hydroxyl groups is 1. The Balaban J connectivity index is 2.80. The first kappa shape index (κ1) is 12.2. The molecule has 0 aliphatic rings. The molecule has 0 bridgehead atoms. The molecule has 1 unspecified atom stereocenters. The van der Waals surface area contributed by atoms with E-state index in [1.165, 1.54) is 16.7 Å². The lowest BCUT2D eigenvalue weighted by molar-refractivity contribution is 0.0539. The topological polar surface area (TPSA) is 46.2 Å². The molecule has 0 fully saturated rings. The Morgan fingerprint density at radius 2 is 1.73 bits per heavy atom. The van der Waals surface area contributed by atoms with E-state index < -0.39 is 5.60 Å². The van der Waals surface area contributed by atoms with E-state index in [4.69, 9.17) is 5.73 Å². The van der Waals surface area contributed by atoms with Crippen LogP contribution in [0, 0.1) is 13.8 Å². The van der Waals surface area contributed by atoms with Gasteiger partial charge in [0.2, 0.25) is 0 Å². The number of hydrogen-bond donors (Lipinski definition) is 2. The average Bonchev–Trinajstić information content (AvgIpc) is 1.99. The summed E-state index contributed by atoms with van der Waals surface area (Å²) in [5.41, 5.74) is 8.46. The molecule has 3 N–H and O–H groups in total. The molecule has 1 aromatic carbocycles. The van der Waals surface area contributed by atoms with Crippen LogP contribution in [-0.2, 0) is 6.42 Å². The third-order valence-corrected chi connectivity index (χ3v) is 2.55. The molecule has 1 atom stereocenters. The van der Waals surface area contributed by atoms with Gasteiger partial charge in [-0.25, -0.2) is 0 Å². The molecule has 0 saturated heterocycles. The van der Waals surface area contributed by atoms with E-state index in [0.717, 1.165) is 0 Å². The fourth-order valence-corrected chi connectivity index (χ4v) is 2.01. The fourth-order valence-electron chi connectivity index (χ4n) is 2.01. The second kappa shape index (κ2) is 4.77. The lowest BCUT2D eigenvalue weighted by Gasteiger charge is -2.22. The fraction of sp³-hybridized carbons (Fsp3) is 0.538. The Kier molecular flexibility index (Phi) is 3.89. The van der Waals surface area contributed by atoms with Crippen molar-refractivity contribution in [1.29, 1.82) is 0 Å². The first-order valence-corrected chi connectivity index (χ1v) is 5.42. The van der Waals surface area contributed by atoms with Crippen molar-refractivity contribution in [1.82, 2.24) is 0 Å². The Morgan fingerprint density at radius 3 is 2.20 bits per heavy atom. The normalized spacial score (nSPS) is 15.0. The molecule has 15 heavy (non-hydrogen) atoms. The molecule has 1 aromatic rings. The Morgan fingerprint density at radius 1 is 1.20 bits per heavy atom. The van der Waals surface area contributed by atoms with Crippen molar-refractivity contribution in [2.24, 2.45) is 5.73 Å². The lowest BCUT2D eigenvalue weighted by atomic mass is 9.92. The van der Waals surface area contributed by atoms with Gasteiger partial charge in [-0.3, -0.25) is 0 Å². The van der Waals surface area contributed by atoms with Crippen molar-refractivity contribution in [3.8, 4) is 0 Å². The second-order valence-corrected chi connectivity index (χ2v) is 4.71. The number of aryl methyl sites for hydroxylation is 2. The molecule has 0 amide bonds. The molecule has 84 valence electrons. The van der Waals surface area contributed by atoms with Gasteiger partial charge >= 0.3 is 0 Å². The maximum absolute atomic E-state index is 10.1. The number of rotatable bonds is 4. The van der Waals surface area contributed by atoms with Gasteiger partial charge < -0.3 is 10.8 Å². The van der Waals surface area contributed by atoms with Gasteiger partial charge in [-0.05, 0) is 39.3 Å². The van der Waals surface area contributed by atoms with Crippen LogP contribution in [0.5, 0.6) is 0 Å². The van der Waals surface area contributed by atoms with Crippen LogP contribution >= 0.6 is 0 Å². The van der Waals surface area contributed by atoms with Crippen LogP contribution in [0.15, 0.2) is 18.2 Å². The van der Waals surface area contributed by atoms with Gasteiger partial charge in [0.1, 0.15) is 0 Å². The van der Waals surface area contributed by atoms with Gasteiger partial charge in [0.25, 0.3) is 0 Å². The van der Waals surface area contributed by atoms with Gasteiger partial charge in [-0.2, -0.15) is 0 Å². The minimum Gasteiger partial charge on any atom is -0.390 e. The Bertz CT molecular complexity index is 311. The highest BCUT2D eigenvalue weighted by molar-refractivity contribution is 5.29. The summed E-state index contributed by atoms with van der Waals surface area (Å²) in [7, 11) is 0. The molecule has 0 saturated carbocycles. The molecular formula is C13H21NO. The molecule has 0 radical (unpaired) electrons. The van der Waals surface area contributed by atoms with E-state index in [9.17, 15) is 5.11 Å². The van der Waals surface area contributed by atoms with Crippen LogP contribution in [0.1, 0.15) is 30.0 Å². The van der Waals surface area contributed by atoms with Gasteiger partial charge in [-0.1, -0.05) is 29.3 Å². The molecule has 1 rings (SSSR count). The third kappa shape index (κ3) is 4.02. The second-order valence-electron chi connectivity index (χ2n) is 4.71. The Hall–Kier alpha value is -0.860. The SMILES string of the molecule is Cc1cc(C)cc(CC(C)(O)CCN)c1. The standard InChI is InChI=1S/C13H21NO/c1-10-6-11(2)8-12(7-10)9-13(3,15)4-5-14/h6-8,15H,4-5,9,14H2,1-3H3. The summed E-state index contributed by atoms with van der Waals surface area (Å²) >= 11 is 0. The monoisotopic (exact) mass is 207 g/mol. The minimum absolute atomic E-state index is 0.526. The Labute approximate surface area is 92.1 Å². The van der Waals surface area contributed by atoms with Crippen molar-refractivity contribution in [3.63, 3.8) is 0 Å². The van der Waals surface area contributed by atoms with E-state index in [1.807, 2.05) is 6.92 Å². The van der Waals surface area contributed by atoms with Crippen LogP contribution in [0.2, 0.25) is 0 Å². The summed E-state index contributed by atoms with van der Waals surface area (Å²) in [6, 6.07) is 6.39. The van der Waals surface area contributed by atoms with Crippen LogP contribution < -0.4 is 5.73 Å². The summed E-state index contributed by atoms with van der Waals surface area (Å²) < 4.78 is 0. The van der Waals surface area contributed by atoms with Crippen LogP contribution in [0.3, 0.4) is 0 Å². The first-order chi connectivity index (χ1) is 6.93. The number of benzene rings is 1. The molecule has 2 heteroatoms. The van der Waals surface area contributed by atoms with Crippen LogP contribution in [-0.4, -0.2) is 17.3 Å². The summed E-state index contributed by atoms with van der Waals surface area (Å²) in [5, 5.41) is 10.1. The highest BCUT2D eigenvalue weighted by Crippen LogP contribution is 2.18. The summed E-state index contributed by atoms with van der Waals surface area (Å²) in [6.07, 6.45) is 1.31. The van der Waals surface area contributed by atoms with Crippen molar-refractivity contribution in [2.75, 3.05) is 6.54 Å². The van der Waals surface area contributed by atoms with Gasteiger partial charge in [-0.15, -0.1) is 0 Å². The maximum Gasteiger partial charge on any atom is 0.0671 e. The molecule has 0 spiro atoms. The molecule has 0 aliphatic heterocycles. The summed E-state index contributed by atoms with van der Waals surface area (Å²) in [5.74, 6) is 0. The highest BCUT2D eigenvalue weighted by atomic mass is 16.3. The maximum atomic E-state index is 10.1. The average molecular weight is 207 g/mol. The number of nitrogens with two attached hydrogens (primary N) is 1. The zero-order valence-corrected chi connectivity index (χ0v) is 9.88.